The Morgan fingerprint density at radius 1 is 1.20 bits per heavy atom. The minimum absolute atomic E-state index is 0.0161. The summed E-state index contributed by atoms with van der Waals surface area (Å²) in [5.41, 5.74) is 0.886. The van der Waals surface area contributed by atoms with Crippen LogP contribution in [0.4, 0.5) is 4.79 Å². The number of cyclic esters (lactones) is 1. The fraction of sp³-hybridized carbons (Fsp3) is 0.409. The highest BCUT2D eigenvalue weighted by atomic mass is 16.7. The Labute approximate surface area is 174 Å². The molecule has 1 heterocycles. The highest BCUT2D eigenvalue weighted by Gasteiger charge is 2.28. The quantitative estimate of drug-likeness (QED) is 0.439. The molecule has 0 amide bonds. The molecular weight excluding hydrogens is 392 g/mol. The predicted octanol–water partition coefficient (Wildman–Crippen LogP) is 3.10. The maximum absolute atomic E-state index is 11.5. The molecule has 2 rings (SSSR count). The van der Waals surface area contributed by atoms with Crippen molar-refractivity contribution in [3.63, 3.8) is 0 Å². The monoisotopic (exact) mass is 418 g/mol. The van der Waals surface area contributed by atoms with E-state index in [1.54, 1.807) is 18.2 Å². The average molecular weight is 418 g/mol. The highest BCUT2D eigenvalue weighted by molar-refractivity contribution is 5.82. The van der Waals surface area contributed by atoms with Crippen LogP contribution in [-0.2, 0) is 23.8 Å². The van der Waals surface area contributed by atoms with Gasteiger partial charge in [-0.15, -0.1) is 0 Å². The van der Waals surface area contributed by atoms with Gasteiger partial charge in [0.05, 0.1) is 6.10 Å². The molecule has 1 aliphatic rings. The molecule has 0 radical (unpaired) electrons. The van der Waals surface area contributed by atoms with Crippen molar-refractivity contribution in [2.45, 2.75) is 57.0 Å². The lowest BCUT2D eigenvalue weighted by Gasteiger charge is -2.27. The highest BCUT2D eigenvalue weighted by Crippen LogP contribution is 2.21. The largest absolute Gasteiger partial charge is 0.506 e. The van der Waals surface area contributed by atoms with Crippen LogP contribution in [0.25, 0.3) is 6.08 Å². The van der Waals surface area contributed by atoms with Crippen LogP contribution in [-0.4, -0.2) is 52.7 Å². The molecule has 0 spiro atoms. The topological polar surface area (TPSA) is 119 Å². The second-order valence-electron chi connectivity index (χ2n) is 6.98. The van der Waals surface area contributed by atoms with Gasteiger partial charge >= 0.3 is 18.1 Å². The van der Waals surface area contributed by atoms with Crippen molar-refractivity contribution in [2.75, 3.05) is 0 Å². The van der Waals surface area contributed by atoms with Gasteiger partial charge in [0.1, 0.15) is 18.3 Å². The lowest BCUT2D eigenvalue weighted by atomic mass is 9.98. The number of hydrogen-bond donors (Lipinski definition) is 2. The molecule has 0 fully saturated rings. The first-order chi connectivity index (χ1) is 14.3. The van der Waals surface area contributed by atoms with Gasteiger partial charge < -0.3 is 24.4 Å². The van der Waals surface area contributed by atoms with Crippen molar-refractivity contribution in [1.29, 1.82) is 0 Å². The Hall–Kier alpha value is -3.13. The van der Waals surface area contributed by atoms with Gasteiger partial charge in [-0.3, -0.25) is 4.79 Å². The second-order valence-corrected chi connectivity index (χ2v) is 6.98. The van der Waals surface area contributed by atoms with Crippen molar-refractivity contribution in [1.82, 2.24) is 0 Å². The minimum atomic E-state index is -1.49. The van der Waals surface area contributed by atoms with E-state index in [4.69, 9.17) is 19.3 Å². The maximum Gasteiger partial charge on any atom is 0.506 e. The summed E-state index contributed by atoms with van der Waals surface area (Å²) in [7, 11) is 0. The number of rotatable bonds is 10. The number of hydrogen-bond acceptors (Lipinski definition) is 7. The summed E-state index contributed by atoms with van der Waals surface area (Å²) < 4.78 is 15.4. The number of carbonyl (C=O) groups is 3. The molecule has 0 aliphatic carbocycles. The second kappa shape index (κ2) is 11.8. The molecule has 30 heavy (non-hydrogen) atoms. The lowest BCUT2D eigenvalue weighted by molar-refractivity contribution is -0.153. The third-order valence-electron chi connectivity index (χ3n) is 4.40. The van der Waals surface area contributed by atoms with E-state index in [2.05, 4.69) is 0 Å². The fourth-order valence-corrected chi connectivity index (χ4v) is 3.19. The van der Waals surface area contributed by atoms with Gasteiger partial charge in [-0.25, -0.2) is 9.59 Å². The van der Waals surface area contributed by atoms with E-state index in [1.807, 2.05) is 30.3 Å². The standard InChI is InChI=1S/C22H26O8/c1-15(23)28-20(13-18-8-5-9-21(25)29-18)14-19(30-22(26)27)12-17(24)11-10-16-6-3-2-4-7-16/h2-7,9-11,17-20,24H,8,12-14H2,1H3,(H,26,27)/b11-10+/t17-,18-,19+,20+/m1/s1. The van der Waals surface area contributed by atoms with Crippen molar-refractivity contribution >= 4 is 24.2 Å². The molecule has 1 aromatic rings. The van der Waals surface area contributed by atoms with Crippen LogP contribution in [0.5, 0.6) is 0 Å². The molecular formula is C22H26O8. The van der Waals surface area contributed by atoms with Gasteiger partial charge in [0.2, 0.25) is 0 Å². The summed E-state index contributed by atoms with van der Waals surface area (Å²) in [5, 5.41) is 19.3. The van der Waals surface area contributed by atoms with Crippen LogP contribution >= 0.6 is 0 Å². The van der Waals surface area contributed by atoms with Crippen LogP contribution in [0.3, 0.4) is 0 Å². The number of carbonyl (C=O) groups excluding carboxylic acids is 2. The Balaban J connectivity index is 2.01. The zero-order chi connectivity index (χ0) is 21.9. The van der Waals surface area contributed by atoms with Gasteiger partial charge in [-0.1, -0.05) is 48.6 Å². The Morgan fingerprint density at radius 2 is 1.93 bits per heavy atom. The number of ether oxygens (including phenoxy) is 3. The molecule has 1 aliphatic heterocycles. The molecule has 0 bridgehead atoms. The normalized spacial score (nSPS) is 19.0. The van der Waals surface area contributed by atoms with Crippen LogP contribution in [0.1, 0.15) is 38.2 Å². The van der Waals surface area contributed by atoms with E-state index in [-0.39, 0.29) is 19.3 Å². The van der Waals surface area contributed by atoms with E-state index in [9.17, 15) is 19.5 Å². The molecule has 0 saturated carbocycles. The summed E-state index contributed by atoms with van der Waals surface area (Å²) in [6.07, 6.45) is 2.34. The van der Waals surface area contributed by atoms with E-state index < -0.39 is 42.5 Å². The molecule has 0 unspecified atom stereocenters. The lowest BCUT2D eigenvalue weighted by Crippen LogP contribution is -2.33. The Bertz CT molecular complexity index is 771. The fourth-order valence-electron chi connectivity index (χ4n) is 3.19. The third kappa shape index (κ3) is 8.91. The molecule has 1 aromatic carbocycles. The molecule has 2 N–H and O–H groups in total. The third-order valence-corrected chi connectivity index (χ3v) is 4.40. The smallest absolute Gasteiger partial charge is 0.462 e. The van der Waals surface area contributed by atoms with Gasteiger partial charge in [0.15, 0.2) is 0 Å². The van der Waals surface area contributed by atoms with Gasteiger partial charge in [0, 0.05) is 38.7 Å². The van der Waals surface area contributed by atoms with Gasteiger partial charge in [0.25, 0.3) is 0 Å². The number of benzene rings is 1. The SMILES string of the molecule is CC(=O)O[C@H](C[C@H](C[C@H](O)/C=C/c1ccccc1)OC(=O)O)C[C@H]1CC=CC(=O)O1. The summed E-state index contributed by atoms with van der Waals surface area (Å²) in [5.74, 6) is -1.02. The van der Waals surface area contributed by atoms with Gasteiger partial charge in [-0.05, 0) is 5.56 Å². The van der Waals surface area contributed by atoms with Crippen molar-refractivity contribution in [2.24, 2.45) is 0 Å². The first kappa shape index (κ1) is 23.2. The molecule has 8 heteroatoms. The molecule has 0 saturated heterocycles. The number of aliphatic hydroxyl groups is 1. The van der Waals surface area contributed by atoms with Crippen LogP contribution in [0.15, 0.2) is 48.6 Å². The van der Waals surface area contributed by atoms with Gasteiger partial charge in [-0.2, -0.15) is 0 Å². The van der Waals surface area contributed by atoms with E-state index in [0.29, 0.717) is 6.42 Å². The summed E-state index contributed by atoms with van der Waals surface area (Å²) >= 11 is 0. The van der Waals surface area contributed by atoms with Crippen LogP contribution in [0.2, 0.25) is 0 Å². The molecule has 0 aromatic heterocycles. The number of esters is 2. The summed E-state index contributed by atoms with van der Waals surface area (Å²) in [4.78, 5) is 34.0. The Morgan fingerprint density at radius 3 is 2.57 bits per heavy atom. The minimum Gasteiger partial charge on any atom is -0.462 e. The first-order valence-electron chi connectivity index (χ1n) is 9.67. The molecule has 8 nitrogen and oxygen atoms in total. The van der Waals surface area contributed by atoms with Crippen molar-refractivity contribution in [3.8, 4) is 0 Å². The molecule has 162 valence electrons. The van der Waals surface area contributed by atoms with Crippen LogP contribution < -0.4 is 0 Å². The van der Waals surface area contributed by atoms with Crippen molar-refractivity contribution < 1.29 is 38.8 Å². The first-order valence-corrected chi connectivity index (χ1v) is 9.67. The zero-order valence-corrected chi connectivity index (χ0v) is 16.7. The average Bonchev–Trinajstić information content (AvgIpc) is 2.66. The summed E-state index contributed by atoms with van der Waals surface area (Å²) in [6.45, 7) is 1.24. The predicted molar refractivity (Wildman–Crippen MR) is 107 cm³/mol. The number of aliphatic hydroxyl groups excluding tert-OH is 1. The molecule has 4 atom stereocenters. The maximum atomic E-state index is 11.5. The van der Waals surface area contributed by atoms with Crippen LogP contribution in [0, 0.1) is 0 Å². The van der Waals surface area contributed by atoms with Crippen molar-refractivity contribution in [3.05, 3.63) is 54.1 Å². The number of carboxylic acid groups (broad SMARTS) is 1. The summed E-state index contributed by atoms with van der Waals surface area (Å²) in [6, 6.07) is 9.33. The van der Waals surface area contributed by atoms with E-state index >= 15 is 0 Å². The zero-order valence-electron chi connectivity index (χ0n) is 16.7. The Kier molecular flexibility index (Phi) is 9.08. The van der Waals surface area contributed by atoms with E-state index in [1.165, 1.54) is 13.0 Å². The van der Waals surface area contributed by atoms with E-state index in [0.717, 1.165) is 5.56 Å².